The molecule has 2 N–H and O–H groups in total. The second-order valence-electron chi connectivity index (χ2n) is 2.60. The molecule has 1 aromatic heterocycles. The van der Waals surface area contributed by atoms with Crippen LogP contribution in [0.5, 0.6) is 0 Å². The number of hydrogen-bond acceptors (Lipinski definition) is 5. The number of hydrogen-bond donors (Lipinski definition) is 1. The lowest BCUT2D eigenvalue weighted by Crippen LogP contribution is -2.39. The molecule has 0 unspecified atom stereocenters. The Labute approximate surface area is 106 Å². The van der Waals surface area contributed by atoms with Gasteiger partial charge in [-0.05, 0) is 0 Å². The maximum absolute atomic E-state index is 11.3. The summed E-state index contributed by atoms with van der Waals surface area (Å²) in [7, 11) is 0. The van der Waals surface area contributed by atoms with Gasteiger partial charge in [-0.3, -0.25) is 4.98 Å². The van der Waals surface area contributed by atoms with Crippen LogP contribution in [-0.2, 0) is 4.74 Å². The van der Waals surface area contributed by atoms with Crippen molar-refractivity contribution in [3.8, 4) is 0 Å². The Morgan fingerprint density at radius 2 is 2.19 bits per heavy atom. The van der Waals surface area contributed by atoms with Gasteiger partial charge < -0.3 is 4.74 Å². The highest BCUT2D eigenvalue weighted by Crippen LogP contribution is 2.26. The van der Waals surface area contributed by atoms with Crippen molar-refractivity contribution >= 4 is 46.7 Å². The number of amides is 1. The highest BCUT2D eigenvalue weighted by atomic mass is 35.6. The second kappa shape index (κ2) is 5.49. The van der Waals surface area contributed by atoms with Gasteiger partial charge in [0.2, 0.25) is 3.79 Å². The Morgan fingerprint density at radius 1 is 1.50 bits per heavy atom. The maximum Gasteiger partial charge on any atom is 0.430 e. The van der Waals surface area contributed by atoms with Gasteiger partial charge in [0.15, 0.2) is 5.82 Å². The van der Waals surface area contributed by atoms with Crippen molar-refractivity contribution < 1.29 is 9.53 Å². The lowest BCUT2D eigenvalue weighted by atomic mass is 10.6. The van der Waals surface area contributed by atoms with Crippen LogP contribution in [0.25, 0.3) is 0 Å². The van der Waals surface area contributed by atoms with Crippen molar-refractivity contribution in [1.82, 2.24) is 9.97 Å². The molecular formula is C7H7Cl3N4O2. The molecule has 0 aliphatic heterocycles. The molecule has 0 aliphatic rings. The van der Waals surface area contributed by atoms with E-state index in [1.54, 1.807) is 0 Å². The van der Waals surface area contributed by atoms with Gasteiger partial charge >= 0.3 is 6.09 Å². The van der Waals surface area contributed by atoms with E-state index < -0.39 is 16.5 Å². The lowest BCUT2D eigenvalue weighted by molar-refractivity contribution is 0.155. The Bertz CT molecular complexity index is 356. The largest absolute Gasteiger partial charge is 0.444 e. The standard InChI is InChI=1S/C7H7Cl3N4O2/c8-7(9,10)4-16-6(15)14(11)5-3-12-1-2-13-5/h1-3H,4,11H2. The molecule has 1 aromatic rings. The summed E-state index contributed by atoms with van der Waals surface area (Å²) in [6.07, 6.45) is 3.20. The highest BCUT2D eigenvalue weighted by molar-refractivity contribution is 6.67. The summed E-state index contributed by atoms with van der Waals surface area (Å²) in [5.74, 6) is 5.52. The zero-order valence-electron chi connectivity index (χ0n) is 7.81. The molecule has 16 heavy (non-hydrogen) atoms. The average Bonchev–Trinajstić information content (AvgIpc) is 2.25. The van der Waals surface area contributed by atoms with Crippen LogP contribution in [0, 0.1) is 0 Å². The number of nitrogens with two attached hydrogens (primary N) is 1. The van der Waals surface area contributed by atoms with Gasteiger partial charge in [0.1, 0.15) is 6.61 Å². The Kier molecular flexibility index (Phi) is 4.55. The van der Waals surface area contributed by atoms with Crippen LogP contribution in [0.3, 0.4) is 0 Å². The third-order valence-corrected chi connectivity index (χ3v) is 1.68. The van der Waals surface area contributed by atoms with Gasteiger partial charge in [0.25, 0.3) is 0 Å². The predicted octanol–water partition coefficient (Wildman–Crippen LogP) is 1.66. The Hall–Kier alpha value is -0.820. The third kappa shape index (κ3) is 4.36. The molecule has 1 rings (SSSR count). The molecule has 1 heterocycles. The van der Waals surface area contributed by atoms with Gasteiger partial charge in [-0.1, -0.05) is 34.8 Å². The van der Waals surface area contributed by atoms with Crippen molar-refractivity contribution in [1.29, 1.82) is 0 Å². The van der Waals surface area contributed by atoms with Gasteiger partial charge in [0.05, 0.1) is 6.20 Å². The number of nitrogens with zero attached hydrogens (tertiary/aromatic N) is 3. The molecule has 0 spiro atoms. The number of carbonyl (C=O) groups is 1. The Morgan fingerprint density at radius 3 is 2.69 bits per heavy atom. The first kappa shape index (κ1) is 13.2. The summed E-state index contributed by atoms with van der Waals surface area (Å²) in [5.41, 5.74) is 0. The normalized spacial score (nSPS) is 11.0. The van der Waals surface area contributed by atoms with Gasteiger partial charge in [-0.15, -0.1) is 0 Å². The summed E-state index contributed by atoms with van der Waals surface area (Å²) in [6, 6.07) is 0. The first-order chi connectivity index (χ1) is 7.40. The predicted molar refractivity (Wildman–Crippen MR) is 60.3 cm³/mol. The van der Waals surface area contributed by atoms with Gasteiger partial charge in [0, 0.05) is 12.4 Å². The molecular weight excluding hydrogens is 278 g/mol. The molecule has 0 atom stereocenters. The fraction of sp³-hybridized carbons (Fsp3) is 0.286. The van der Waals surface area contributed by atoms with E-state index in [-0.39, 0.29) is 5.82 Å². The monoisotopic (exact) mass is 284 g/mol. The maximum atomic E-state index is 11.3. The van der Waals surface area contributed by atoms with Gasteiger partial charge in [-0.2, -0.15) is 5.01 Å². The van der Waals surface area contributed by atoms with E-state index in [0.29, 0.717) is 5.01 Å². The fourth-order valence-electron chi connectivity index (χ4n) is 0.722. The van der Waals surface area contributed by atoms with E-state index in [9.17, 15) is 4.79 Å². The minimum atomic E-state index is -1.68. The van der Waals surface area contributed by atoms with Crippen LogP contribution < -0.4 is 10.9 Å². The molecule has 0 radical (unpaired) electrons. The molecule has 88 valence electrons. The summed E-state index contributed by atoms with van der Waals surface area (Å²) >= 11 is 16.2. The number of anilines is 1. The fourth-order valence-corrected chi connectivity index (χ4v) is 0.886. The van der Waals surface area contributed by atoms with E-state index in [0.717, 1.165) is 0 Å². The molecule has 0 aliphatic carbocycles. The molecule has 1 amide bonds. The van der Waals surface area contributed by atoms with E-state index in [2.05, 4.69) is 14.7 Å². The number of rotatable bonds is 2. The van der Waals surface area contributed by atoms with Crippen molar-refractivity contribution in [2.75, 3.05) is 11.6 Å². The van der Waals surface area contributed by atoms with Crippen LogP contribution >= 0.6 is 34.8 Å². The first-order valence-corrected chi connectivity index (χ1v) is 5.08. The van der Waals surface area contributed by atoms with E-state index >= 15 is 0 Å². The summed E-state index contributed by atoms with van der Waals surface area (Å²) in [5, 5.41) is 0.656. The van der Waals surface area contributed by atoms with Crippen LogP contribution in [0.1, 0.15) is 0 Å². The van der Waals surface area contributed by atoms with Crippen molar-refractivity contribution in [2.45, 2.75) is 3.79 Å². The number of carbonyl (C=O) groups excluding carboxylic acids is 1. The van der Waals surface area contributed by atoms with Crippen LogP contribution in [0.2, 0.25) is 0 Å². The van der Waals surface area contributed by atoms with Gasteiger partial charge in [-0.25, -0.2) is 15.6 Å². The number of halogens is 3. The molecule has 0 aromatic carbocycles. The van der Waals surface area contributed by atoms with E-state index in [4.69, 9.17) is 40.6 Å². The zero-order chi connectivity index (χ0) is 12.2. The average molecular weight is 286 g/mol. The Balaban J connectivity index is 2.55. The van der Waals surface area contributed by atoms with Crippen molar-refractivity contribution in [3.05, 3.63) is 18.6 Å². The third-order valence-electron chi connectivity index (χ3n) is 1.35. The smallest absolute Gasteiger partial charge is 0.430 e. The minimum Gasteiger partial charge on any atom is -0.444 e. The van der Waals surface area contributed by atoms with Crippen LogP contribution in [-0.4, -0.2) is 26.5 Å². The number of alkyl halides is 3. The summed E-state index contributed by atoms with van der Waals surface area (Å²) in [4.78, 5) is 18.8. The van der Waals surface area contributed by atoms with Crippen LogP contribution in [0.15, 0.2) is 18.6 Å². The van der Waals surface area contributed by atoms with E-state index in [1.807, 2.05) is 0 Å². The van der Waals surface area contributed by atoms with Crippen molar-refractivity contribution in [2.24, 2.45) is 5.84 Å². The van der Waals surface area contributed by atoms with E-state index in [1.165, 1.54) is 18.6 Å². The summed E-state index contributed by atoms with van der Waals surface area (Å²) < 4.78 is 2.94. The SMILES string of the molecule is NN(C(=O)OCC(Cl)(Cl)Cl)c1cnccn1. The zero-order valence-corrected chi connectivity index (χ0v) is 10.1. The molecule has 0 saturated carbocycles. The lowest BCUT2D eigenvalue weighted by Gasteiger charge is -2.17. The first-order valence-electron chi connectivity index (χ1n) is 3.94. The highest BCUT2D eigenvalue weighted by Gasteiger charge is 2.24. The molecule has 9 heteroatoms. The summed E-state index contributed by atoms with van der Waals surface area (Å²) in [6.45, 7) is -0.412. The molecule has 0 saturated heterocycles. The molecule has 0 bridgehead atoms. The molecule has 6 nitrogen and oxygen atoms in total. The van der Waals surface area contributed by atoms with Crippen molar-refractivity contribution in [3.63, 3.8) is 0 Å². The second-order valence-corrected chi connectivity index (χ2v) is 5.12. The van der Waals surface area contributed by atoms with Crippen LogP contribution in [0.4, 0.5) is 10.6 Å². The number of ether oxygens (including phenoxy) is 1. The minimum absolute atomic E-state index is 0.122. The number of aromatic nitrogens is 2. The molecule has 0 fully saturated rings. The number of hydrazine groups is 1. The quantitative estimate of drug-likeness (QED) is 0.387. The topological polar surface area (TPSA) is 81.3 Å².